The molecule has 0 N–H and O–H groups in total. The zero-order valence-electron chi connectivity index (χ0n) is 14.3. The normalized spacial score (nSPS) is 10.9. The Kier molecular flexibility index (Phi) is 17.0. The molecule has 120 valence electrons. The summed E-state index contributed by atoms with van der Waals surface area (Å²) in [5.74, 6) is 0. The molecule has 0 fully saturated rings. The Balaban J connectivity index is 3.11. The maximum Gasteiger partial charge on any atom is 0.453 e. The molecule has 0 aromatic rings. The average Bonchev–Trinajstić information content (AvgIpc) is 2.45. The maximum absolute atomic E-state index is 5.67. The van der Waals surface area contributed by atoms with Gasteiger partial charge in [-0.3, -0.25) is 0 Å². The van der Waals surface area contributed by atoms with Crippen molar-refractivity contribution in [2.45, 2.75) is 97.7 Å². The summed E-state index contributed by atoms with van der Waals surface area (Å²) >= 11 is 0. The van der Waals surface area contributed by atoms with E-state index in [1.807, 2.05) is 6.82 Å². The van der Waals surface area contributed by atoms with Crippen LogP contribution in [0.3, 0.4) is 0 Å². The van der Waals surface area contributed by atoms with Crippen LogP contribution in [0.2, 0.25) is 6.82 Å². The van der Waals surface area contributed by atoms with Gasteiger partial charge >= 0.3 is 7.12 Å². The Hall–Kier alpha value is -0.0151. The van der Waals surface area contributed by atoms with Gasteiger partial charge in [0.15, 0.2) is 0 Å². The van der Waals surface area contributed by atoms with Crippen LogP contribution in [0.4, 0.5) is 0 Å². The van der Waals surface area contributed by atoms with E-state index in [-0.39, 0.29) is 7.12 Å². The molecule has 0 aliphatic carbocycles. The molecule has 0 unspecified atom stereocenters. The Morgan fingerprint density at radius 1 is 0.550 bits per heavy atom. The minimum atomic E-state index is -0.0266. The van der Waals surface area contributed by atoms with E-state index >= 15 is 0 Å². The Morgan fingerprint density at radius 3 is 1.30 bits per heavy atom. The van der Waals surface area contributed by atoms with Crippen molar-refractivity contribution < 1.29 is 9.31 Å². The Morgan fingerprint density at radius 2 is 0.900 bits per heavy atom. The van der Waals surface area contributed by atoms with E-state index < -0.39 is 0 Å². The van der Waals surface area contributed by atoms with Crippen LogP contribution < -0.4 is 0 Å². The molecule has 20 heavy (non-hydrogen) atoms. The lowest BCUT2D eigenvalue weighted by molar-refractivity contribution is 0.194. The van der Waals surface area contributed by atoms with E-state index in [2.05, 4.69) is 13.8 Å². The largest absolute Gasteiger partial charge is 0.453 e. The minimum absolute atomic E-state index is 0.0266. The van der Waals surface area contributed by atoms with Crippen LogP contribution in [0.5, 0.6) is 0 Å². The highest BCUT2D eigenvalue weighted by molar-refractivity contribution is 6.42. The number of rotatable bonds is 16. The van der Waals surface area contributed by atoms with E-state index in [0.29, 0.717) is 0 Å². The standard InChI is InChI=1S/C17H37BO2/c1-4-6-8-10-12-14-16-19-18(3)20-17-15-13-11-9-7-5-2/h4-17H2,1-3H3. The van der Waals surface area contributed by atoms with Crippen molar-refractivity contribution in [2.24, 2.45) is 0 Å². The summed E-state index contributed by atoms with van der Waals surface area (Å²) in [5.41, 5.74) is 0. The van der Waals surface area contributed by atoms with E-state index in [9.17, 15) is 0 Å². The molecule has 0 heterocycles. The van der Waals surface area contributed by atoms with Crippen LogP contribution in [0, 0.1) is 0 Å². The van der Waals surface area contributed by atoms with Gasteiger partial charge in [0, 0.05) is 13.2 Å². The van der Waals surface area contributed by atoms with Gasteiger partial charge in [-0.2, -0.15) is 0 Å². The highest BCUT2D eigenvalue weighted by Crippen LogP contribution is 2.07. The number of hydrogen-bond donors (Lipinski definition) is 0. The second-order valence-corrected chi connectivity index (χ2v) is 5.84. The van der Waals surface area contributed by atoms with Gasteiger partial charge in [0.2, 0.25) is 0 Å². The molecule has 2 nitrogen and oxygen atoms in total. The summed E-state index contributed by atoms with van der Waals surface area (Å²) in [6, 6.07) is 0. The Bertz CT molecular complexity index is 158. The van der Waals surface area contributed by atoms with E-state index in [1.165, 1.54) is 77.0 Å². The highest BCUT2D eigenvalue weighted by Gasteiger charge is 2.08. The van der Waals surface area contributed by atoms with E-state index in [4.69, 9.17) is 9.31 Å². The molecule has 0 saturated heterocycles. The van der Waals surface area contributed by atoms with Gasteiger partial charge in [-0.05, 0) is 19.7 Å². The van der Waals surface area contributed by atoms with Crippen LogP contribution in [0.15, 0.2) is 0 Å². The minimum Gasteiger partial charge on any atom is -0.411 e. The number of unbranched alkanes of at least 4 members (excludes halogenated alkanes) is 10. The van der Waals surface area contributed by atoms with Crippen LogP contribution in [0.25, 0.3) is 0 Å². The van der Waals surface area contributed by atoms with Crippen molar-refractivity contribution in [2.75, 3.05) is 13.2 Å². The van der Waals surface area contributed by atoms with Crippen LogP contribution in [-0.4, -0.2) is 20.3 Å². The first-order valence-electron chi connectivity index (χ1n) is 9.04. The third-order valence-corrected chi connectivity index (χ3v) is 3.70. The van der Waals surface area contributed by atoms with Gasteiger partial charge in [0.25, 0.3) is 0 Å². The zero-order chi connectivity index (χ0) is 14.9. The van der Waals surface area contributed by atoms with Gasteiger partial charge in [0.1, 0.15) is 0 Å². The summed E-state index contributed by atoms with van der Waals surface area (Å²) in [6.45, 7) is 8.24. The van der Waals surface area contributed by atoms with E-state index in [1.54, 1.807) is 0 Å². The molecule has 0 aliphatic heterocycles. The molecule has 0 aromatic carbocycles. The van der Waals surface area contributed by atoms with E-state index in [0.717, 1.165) is 13.2 Å². The zero-order valence-corrected chi connectivity index (χ0v) is 14.3. The van der Waals surface area contributed by atoms with Crippen molar-refractivity contribution in [1.82, 2.24) is 0 Å². The molecule has 0 rings (SSSR count). The lowest BCUT2D eigenvalue weighted by Gasteiger charge is -2.10. The van der Waals surface area contributed by atoms with Crippen LogP contribution >= 0.6 is 0 Å². The van der Waals surface area contributed by atoms with Gasteiger partial charge < -0.3 is 9.31 Å². The first kappa shape index (κ1) is 20.0. The Labute approximate surface area is 128 Å². The second kappa shape index (κ2) is 17.0. The summed E-state index contributed by atoms with van der Waals surface area (Å²) in [4.78, 5) is 0. The molecule has 0 radical (unpaired) electrons. The predicted octanol–water partition coefficient (Wildman–Crippen LogP) is 5.86. The highest BCUT2D eigenvalue weighted by atomic mass is 16.6. The molecule has 0 aliphatic rings. The summed E-state index contributed by atoms with van der Waals surface area (Å²) in [5, 5.41) is 0. The number of hydrogen-bond acceptors (Lipinski definition) is 2. The third kappa shape index (κ3) is 16.0. The van der Waals surface area contributed by atoms with Crippen LogP contribution in [-0.2, 0) is 9.31 Å². The van der Waals surface area contributed by atoms with Crippen LogP contribution in [0.1, 0.15) is 90.9 Å². The molecule has 0 aromatic heterocycles. The third-order valence-electron chi connectivity index (χ3n) is 3.70. The fourth-order valence-electron chi connectivity index (χ4n) is 2.31. The first-order valence-corrected chi connectivity index (χ1v) is 9.04. The van der Waals surface area contributed by atoms with Crippen molar-refractivity contribution in [3.05, 3.63) is 0 Å². The second-order valence-electron chi connectivity index (χ2n) is 5.84. The van der Waals surface area contributed by atoms with Gasteiger partial charge in [0.05, 0.1) is 0 Å². The molecule has 0 bridgehead atoms. The van der Waals surface area contributed by atoms with Crippen molar-refractivity contribution in [1.29, 1.82) is 0 Å². The SMILES string of the molecule is CCCCCCCCOB(C)OCCCCCCCC. The average molecular weight is 284 g/mol. The summed E-state index contributed by atoms with van der Waals surface area (Å²) in [6.07, 6.45) is 15.8. The first-order chi connectivity index (χ1) is 9.81. The van der Waals surface area contributed by atoms with Gasteiger partial charge in [-0.1, -0.05) is 78.1 Å². The fraction of sp³-hybridized carbons (Fsp3) is 1.00. The van der Waals surface area contributed by atoms with Crippen molar-refractivity contribution in [3.8, 4) is 0 Å². The predicted molar refractivity (Wildman–Crippen MR) is 90.3 cm³/mol. The van der Waals surface area contributed by atoms with Crippen molar-refractivity contribution in [3.63, 3.8) is 0 Å². The van der Waals surface area contributed by atoms with Gasteiger partial charge in [-0.25, -0.2) is 0 Å². The summed E-state index contributed by atoms with van der Waals surface area (Å²) < 4.78 is 11.3. The fourth-order valence-corrected chi connectivity index (χ4v) is 2.31. The maximum atomic E-state index is 5.67. The topological polar surface area (TPSA) is 18.5 Å². The lowest BCUT2D eigenvalue weighted by Crippen LogP contribution is -2.19. The molecular formula is C17H37BO2. The molecular weight excluding hydrogens is 247 g/mol. The lowest BCUT2D eigenvalue weighted by atomic mass is 9.95. The molecule has 0 saturated carbocycles. The molecule has 3 heteroatoms. The van der Waals surface area contributed by atoms with Crippen molar-refractivity contribution >= 4 is 7.12 Å². The molecule has 0 atom stereocenters. The summed E-state index contributed by atoms with van der Waals surface area (Å²) in [7, 11) is -0.0266. The monoisotopic (exact) mass is 284 g/mol. The van der Waals surface area contributed by atoms with Gasteiger partial charge in [-0.15, -0.1) is 0 Å². The molecule has 0 spiro atoms. The molecule has 0 amide bonds. The quantitative estimate of drug-likeness (QED) is 0.261. The smallest absolute Gasteiger partial charge is 0.411 e.